The summed E-state index contributed by atoms with van der Waals surface area (Å²) in [7, 11) is 0. The average Bonchev–Trinajstić information content (AvgIpc) is 3.08. The molecule has 0 saturated carbocycles. The lowest BCUT2D eigenvalue weighted by Crippen LogP contribution is -2.15. The Kier molecular flexibility index (Phi) is 4.09. The number of hydrogen-bond donors (Lipinski definition) is 0. The summed E-state index contributed by atoms with van der Waals surface area (Å²) in [5.41, 5.74) is 0.514. The van der Waals surface area contributed by atoms with Gasteiger partial charge in [0.15, 0.2) is 0 Å². The summed E-state index contributed by atoms with van der Waals surface area (Å²) in [5.74, 6) is 0.796. The van der Waals surface area contributed by atoms with Gasteiger partial charge in [-0.15, -0.1) is 0 Å². The zero-order valence-electron chi connectivity index (χ0n) is 11.7. The van der Waals surface area contributed by atoms with Crippen LogP contribution in [0.1, 0.15) is 29.6 Å². The molecule has 1 atom stereocenters. The van der Waals surface area contributed by atoms with Gasteiger partial charge < -0.3 is 4.74 Å². The van der Waals surface area contributed by atoms with Crippen LogP contribution >= 0.6 is 0 Å². The van der Waals surface area contributed by atoms with Crippen molar-refractivity contribution in [2.75, 3.05) is 6.61 Å². The van der Waals surface area contributed by atoms with Crippen molar-refractivity contribution in [2.24, 2.45) is 5.92 Å². The average molecular weight is 283 g/mol. The van der Waals surface area contributed by atoms with Gasteiger partial charge in [0, 0.05) is 18.6 Å². The first kappa shape index (κ1) is 13.5. The Morgan fingerprint density at radius 2 is 2.33 bits per heavy atom. The second kappa shape index (κ2) is 6.35. The standard InChI is InChI=1S/C16H17N3O2/c20-16(21-11-13-4-2-1-3-5-13)14-6-7-18-15(10-14)19-9-8-17-12-19/h1-2,6-10,12-13H,3-5,11H2. The number of ether oxygens (including phenoxy) is 1. The molecule has 5 nitrogen and oxygen atoms in total. The predicted octanol–water partition coefficient (Wildman–Crippen LogP) is 2.78. The number of aromatic nitrogens is 3. The summed E-state index contributed by atoms with van der Waals surface area (Å²) in [4.78, 5) is 20.3. The van der Waals surface area contributed by atoms with Crippen LogP contribution in [-0.2, 0) is 4.74 Å². The highest BCUT2D eigenvalue weighted by Gasteiger charge is 2.14. The van der Waals surface area contributed by atoms with Crippen molar-refractivity contribution >= 4 is 5.97 Å². The van der Waals surface area contributed by atoms with Gasteiger partial charge in [-0.3, -0.25) is 4.57 Å². The highest BCUT2D eigenvalue weighted by Crippen LogP contribution is 2.19. The van der Waals surface area contributed by atoms with Crippen LogP contribution in [0, 0.1) is 5.92 Å². The number of pyridine rings is 1. The van der Waals surface area contributed by atoms with Gasteiger partial charge in [0.25, 0.3) is 0 Å². The smallest absolute Gasteiger partial charge is 0.338 e. The third-order valence-corrected chi connectivity index (χ3v) is 3.58. The number of nitrogens with zero attached hydrogens (tertiary/aromatic N) is 3. The summed E-state index contributed by atoms with van der Waals surface area (Å²) in [6.07, 6.45) is 14.2. The quantitative estimate of drug-likeness (QED) is 0.639. The van der Waals surface area contributed by atoms with E-state index >= 15 is 0 Å². The van der Waals surface area contributed by atoms with E-state index < -0.39 is 0 Å². The lowest BCUT2D eigenvalue weighted by atomic mass is 9.95. The van der Waals surface area contributed by atoms with E-state index in [0.717, 1.165) is 19.3 Å². The maximum atomic E-state index is 12.1. The minimum atomic E-state index is -0.298. The number of carbonyl (C=O) groups excluding carboxylic acids is 1. The van der Waals surface area contributed by atoms with Crippen LogP contribution in [0.4, 0.5) is 0 Å². The van der Waals surface area contributed by atoms with Crippen LogP contribution in [0.15, 0.2) is 49.2 Å². The molecule has 0 spiro atoms. The van der Waals surface area contributed by atoms with E-state index in [1.807, 2.05) is 0 Å². The molecule has 1 aliphatic carbocycles. The monoisotopic (exact) mass is 283 g/mol. The van der Waals surface area contributed by atoms with Gasteiger partial charge in [0.05, 0.1) is 12.2 Å². The Bertz CT molecular complexity index is 635. The second-order valence-corrected chi connectivity index (χ2v) is 5.12. The Labute approximate surface area is 123 Å². The normalized spacial score (nSPS) is 17.6. The number of rotatable bonds is 4. The van der Waals surface area contributed by atoms with Gasteiger partial charge in [-0.25, -0.2) is 14.8 Å². The van der Waals surface area contributed by atoms with Crippen molar-refractivity contribution in [3.05, 3.63) is 54.8 Å². The molecule has 0 bridgehead atoms. The van der Waals surface area contributed by atoms with E-state index in [1.165, 1.54) is 0 Å². The fraction of sp³-hybridized carbons (Fsp3) is 0.312. The molecule has 2 aromatic heterocycles. The minimum Gasteiger partial charge on any atom is -0.462 e. The summed E-state index contributed by atoms with van der Waals surface area (Å²) in [5, 5.41) is 0. The molecule has 0 radical (unpaired) electrons. The van der Waals surface area contributed by atoms with Crippen LogP contribution in [0.5, 0.6) is 0 Å². The van der Waals surface area contributed by atoms with Crippen LogP contribution in [0.2, 0.25) is 0 Å². The van der Waals surface area contributed by atoms with Crippen molar-refractivity contribution in [2.45, 2.75) is 19.3 Å². The zero-order valence-corrected chi connectivity index (χ0v) is 11.7. The lowest BCUT2D eigenvalue weighted by Gasteiger charge is -2.17. The SMILES string of the molecule is O=C(OCC1CC=CCC1)c1ccnc(-n2ccnc2)c1. The van der Waals surface area contributed by atoms with Crippen LogP contribution in [0.3, 0.4) is 0 Å². The van der Waals surface area contributed by atoms with Crippen molar-refractivity contribution in [1.82, 2.24) is 14.5 Å². The zero-order chi connectivity index (χ0) is 14.5. The molecule has 0 aromatic carbocycles. The minimum absolute atomic E-state index is 0.298. The largest absolute Gasteiger partial charge is 0.462 e. The van der Waals surface area contributed by atoms with E-state index in [1.54, 1.807) is 41.6 Å². The number of esters is 1. The first-order valence-electron chi connectivity index (χ1n) is 7.09. The third-order valence-electron chi connectivity index (χ3n) is 3.58. The van der Waals surface area contributed by atoms with Gasteiger partial charge in [0.1, 0.15) is 12.1 Å². The Hall–Kier alpha value is -2.43. The summed E-state index contributed by atoms with van der Waals surface area (Å²) in [6, 6.07) is 3.38. The van der Waals surface area contributed by atoms with E-state index in [2.05, 4.69) is 22.1 Å². The van der Waals surface area contributed by atoms with Crippen molar-refractivity contribution in [1.29, 1.82) is 0 Å². The third kappa shape index (κ3) is 3.37. The van der Waals surface area contributed by atoms with Gasteiger partial charge in [-0.05, 0) is 37.3 Å². The highest BCUT2D eigenvalue weighted by molar-refractivity contribution is 5.89. The second-order valence-electron chi connectivity index (χ2n) is 5.12. The molecule has 5 heteroatoms. The molecular formula is C16H17N3O2. The van der Waals surface area contributed by atoms with Crippen molar-refractivity contribution < 1.29 is 9.53 Å². The maximum Gasteiger partial charge on any atom is 0.338 e. The Morgan fingerprint density at radius 3 is 3.10 bits per heavy atom. The fourth-order valence-electron chi connectivity index (χ4n) is 2.37. The molecule has 21 heavy (non-hydrogen) atoms. The molecule has 2 aromatic rings. The van der Waals surface area contributed by atoms with Gasteiger partial charge in [-0.1, -0.05) is 12.2 Å². The molecule has 2 heterocycles. The first-order valence-corrected chi connectivity index (χ1v) is 7.09. The summed E-state index contributed by atoms with van der Waals surface area (Å²) < 4.78 is 7.17. The number of carbonyl (C=O) groups is 1. The predicted molar refractivity (Wildman–Crippen MR) is 78.1 cm³/mol. The molecule has 0 N–H and O–H groups in total. The first-order chi connectivity index (χ1) is 10.3. The Balaban J connectivity index is 1.64. The molecule has 108 valence electrons. The molecule has 0 saturated heterocycles. The van der Waals surface area contributed by atoms with E-state index in [9.17, 15) is 4.79 Å². The van der Waals surface area contributed by atoms with E-state index in [0.29, 0.717) is 23.9 Å². The molecule has 1 aliphatic rings. The molecule has 1 unspecified atom stereocenters. The molecular weight excluding hydrogens is 266 g/mol. The number of hydrogen-bond acceptors (Lipinski definition) is 4. The summed E-state index contributed by atoms with van der Waals surface area (Å²) in [6.45, 7) is 0.478. The van der Waals surface area contributed by atoms with Gasteiger partial charge in [0.2, 0.25) is 0 Å². The van der Waals surface area contributed by atoms with E-state index in [4.69, 9.17) is 4.74 Å². The molecule has 0 fully saturated rings. The van der Waals surface area contributed by atoms with Crippen LogP contribution in [0.25, 0.3) is 5.82 Å². The summed E-state index contributed by atoms with van der Waals surface area (Å²) >= 11 is 0. The van der Waals surface area contributed by atoms with Crippen molar-refractivity contribution in [3.8, 4) is 5.82 Å². The lowest BCUT2D eigenvalue weighted by molar-refractivity contribution is 0.0432. The number of imidazole rings is 1. The van der Waals surface area contributed by atoms with Crippen LogP contribution in [-0.4, -0.2) is 27.1 Å². The molecule has 0 amide bonds. The number of allylic oxidation sites excluding steroid dienone is 2. The van der Waals surface area contributed by atoms with Gasteiger partial charge >= 0.3 is 5.97 Å². The van der Waals surface area contributed by atoms with E-state index in [-0.39, 0.29) is 5.97 Å². The fourth-order valence-corrected chi connectivity index (χ4v) is 2.37. The van der Waals surface area contributed by atoms with Crippen molar-refractivity contribution in [3.63, 3.8) is 0 Å². The Morgan fingerprint density at radius 1 is 1.38 bits per heavy atom. The molecule has 0 aliphatic heterocycles. The topological polar surface area (TPSA) is 57.0 Å². The van der Waals surface area contributed by atoms with Crippen LogP contribution < -0.4 is 0 Å². The maximum absolute atomic E-state index is 12.1. The highest BCUT2D eigenvalue weighted by atomic mass is 16.5. The van der Waals surface area contributed by atoms with Gasteiger partial charge in [-0.2, -0.15) is 0 Å². The molecule has 3 rings (SSSR count).